The number of likely N-dealkylation sites (N-methyl/N-ethyl adjacent to an activating group) is 1. The van der Waals surface area contributed by atoms with Crippen LogP contribution < -0.4 is 5.32 Å². The van der Waals surface area contributed by atoms with Crippen molar-refractivity contribution in [3.63, 3.8) is 0 Å². The fourth-order valence-corrected chi connectivity index (χ4v) is 1.48. The van der Waals surface area contributed by atoms with Crippen molar-refractivity contribution in [3.05, 3.63) is 23.9 Å². The second kappa shape index (κ2) is 7.66. The predicted molar refractivity (Wildman–Crippen MR) is 71.9 cm³/mol. The van der Waals surface area contributed by atoms with Crippen molar-refractivity contribution in [2.75, 3.05) is 38.7 Å². The number of nitrogens with one attached hydrogen (secondary N) is 1. The summed E-state index contributed by atoms with van der Waals surface area (Å²) in [5.41, 5.74) is 0.451. The maximum Gasteiger partial charge on any atom is 0.272 e. The maximum atomic E-state index is 12.1. The van der Waals surface area contributed by atoms with E-state index in [2.05, 4.69) is 10.3 Å². The van der Waals surface area contributed by atoms with Crippen LogP contribution in [-0.4, -0.2) is 49.1 Å². The van der Waals surface area contributed by atoms with Gasteiger partial charge in [-0.1, -0.05) is 6.07 Å². The van der Waals surface area contributed by atoms with E-state index in [0.717, 1.165) is 12.4 Å². The highest BCUT2D eigenvalue weighted by Crippen LogP contribution is 2.06. The Morgan fingerprint density at radius 1 is 1.44 bits per heavy atom. The van der Waals surface area contributed by atoms with Gasteiger partial charge in [0.2, 0.25) is 0 Å². The zero-order valence-corrected chi connectivity index (χ0v) is 11.3. The van der Waals surface area contributed by atoms with Gasteiger partial charge in [0, 0.05) is 26.7 Å². The highest BCUT2D eigenvalue weighted by molar-refractivity contribution is 5.92. The number of nitrogens with zero attached hydrogens (tertiary/aromatic N) is 2. The quantitative estimate of drug-likeness (QED) is 0.748. The molecule has 1 rings (SSSR count). The summed E-state index contributed by atoms with van der Waals surface area (Å²) in [6.07, 6.45) is 0. The molecule has 100 valence electrons. The van der Waals surface area contributed by atoms with E-state index in [-0.39, 0.29) is 5.91 Å². The third kappa shape index (κ3) is 4.33. The molecule has 0 aliphatic heterocycles. The Morgan fingerprint density at radius 3 is 2.89 bits per heavy atom. The molecule has 0 radical (unpaired) electrons. The molecule has 5 heteroatoms. The van der Waals surface area contributed by atoms with E-state index >= 15 is 0 Å². The lowest BCUT2D eigenvalue weighted by atomic mass is 10.3. The molecule has 0 atom stereocenters. The molecule has 0 fully saturated rings. The van der Waals surface area contributed by atoms with E-state index < -0.39 is 0 Å². The molecule has 1 amide bonds. The lowest BCUT2D eigenvalue weighted by Gasteiger charge is -2.16. The molecule has 0 unspecified atom stereocenters. The topological polar surface area (TPSA) is 54.5 Å². The van der Waals surface area contributed by atoms with Gasteiger partial charge in [-0.15, -0.1) is 0 Å². The van der Waals surface area contributed by atoms with Crippen LogP contribution in [0.1, 0.15) is 24.3 Å². The van der Waals surface area contributed by atoms with Gasteiger partial charge in [0.25, 0.3) is 5.91 Å². The van der Waals surface area contributed by atoms with Crippen molar-refractivity contribution in [1.29, 1.82) is 0 Å². The van der Waals surface area contributed by atoms with Gasteiger partial charge in [0.15, 0.2) is 0 Å². The number of anilines is 1. The van der Waals surface area contributed by atoms with Crippen LogP contribution in [0.5, 0.6) is 0 Å². The minimum Gasteiger partial charge on any atom is -0.380 e. The Bertz CT molecular complexity index is 382. The number of rotatable bonds is 7. The Kier molecular flexibility index (Phi) is 6.14. The molecule has 0 aliphatic rings. The SMILES string of the molecule is CCNc1cccc(C(=O)N(C)CCOCC)n1. The Labute approximate surface area is 108 Å². The Balaban J connectivity index is 2.62. The van der Waals surface area contributed by atoms with Crippen LogP contribution in [0.15, 0.2) is 18.2 Å². The van der Waals surface area contributed by atoms with E-state index in [0.29, 0.717) is 25.5 Å². The Hall–Kier alpha value is -1.62. The molecule has 1 aromatic heterocycles. The van der Waals surface area contributed by atoms with Gasteiger partial charge in [-0.25, -0.2) is 4.98 Å². The number of ether oxygens (including phenoxy) is 1. The van der Waals surface area contributed by atoms with Gasteiger partial charge in [0.1, 0.15) is 11.5 Å². The summed E-state index contributed by atoms with van der Waals surface area (Å²) in [5, 5.41) is 3.09. The first-order valence-electron chi connectivity index (χ1n) is 6.23. The van der Waals surface area contributed by atoms with Crippen molar-refractivity contribution in [1.82, 2.24) is 9.88 Å². The van der Waals surface area contributed by atoms with Crippen molar-refractivity contribution < 1.29 is 9.53 Å². The first-order valence-corrected chi connectivity index (χ1v) is 6.23. The van der Waals surface area contributed by atoms with Crippen LogP contribution in [-0.2, 0) is 4.74 Å². The van der Waals surface area contributed by atoms with E-state index in [1.54, 1.807) is 18.0 Å². The summed E-state index contributed by atoms with van der Waals surface area (Å²) >= 11 is 0. The van der Waals surface area contributed by atoms with Crippen LogP contribution in [0.2, 0.25) is 0 Å². The van der Waals surface area contributed by atoms with Gasteiger partial charge in [-0.3, -0.25) is 4.79 Å². The van der Waals surface area contributed by atoms with Crippen LogP contribution >= 0.6 is 0 Å². The molecule has 1 aromatic rings. The summed E-state index contributed by atoms with van der Waals surface area (Å²) in [6.45, 7) is 6.49. The molecule has 0 aromatic carbocycles. The third-order valence-electron chi connectivity index (χ3n) is 2.45. The number of hydrogen-bond acceptors (Lipinski definition) is 4. The Morgan fingerprint density at radius 2 is 2.22 bits per heavy atom. The summed E-state index contributed by atoms with van der Waals surface area (Å²) < 4.78 is 5.23. The number of aromatic nitrogens is 1. The van der Waals surface area contributed by atoms with Crippen LogP contribution in [0.25, 0.3) is 0 Å². The molecular formula is C13H21N3O2. The maximum absolute atomic E-state index is 12.1. The second-order valence-electron chi connectivity index (χ2n) is 3.86. The lowest BCUT2D eigenvalue weighted by molar-refractivity contribution is 0.0704. The molecule has 0 bridgehead atoms. The van der Waals surface area contributed by atoms with E-state index in [9.17, 15) is 4.79 Å². The molecule has 1 heterocycles. The van der Waals surface area contributed by atoms with E-state index in [1.807, 2.05) is 26.0 Å². The lowest BCUT2D eigenvalue weighted by Crippen LogP contribution is -2.30. The van der Waals surface area contributed by atoms with Crippen LogP contribution in [0, 0.1) is 0 Å². The highest BCUT2D eigenvalue weighted by atomic mass is 16.5. The second-order valence-corrected chi connectivity index (χ2v) is 3.86. The van der Waals surface area contributed by atoms with Crippen molar-refractivity contribution in [2.24, 2.45) is 0 Å². The van der Waals surface area contributed by atoms with Crippen LogP contribution in [0.4, 0.5) is 5.82 Å². The number of hydrogen-bond donors (Lipinski definition) is 1. The summed E-state index contributed by atoms with van der Waals surface area (Å²) in [4.78, 5) is 18.0. The molecule has 0 saturated carbocycles. The van der Waals surface area contributed by atoms with Gasteiger partial charge in [0.05, 0.1) is 6.61 Å². The standard InChI is InChI=1S/C13H21N3O2/c1-4-14-12-8-6-7-11(15-12)13(17)16(3)9-10-18-5-2/h6-8H,4-5,9-10H2,1-3H3,(H,14,15). The minimum absolute atomic E-state index is 0.0885. The highest BCUT2D eigenvalue weighted by Gasteiger charge is 2.13. The summed E-state index contributed by atoms with van der Waals surface area (Å²) in [5.74, 6) is 0.635. The molecule has 5 nitrogen and oxygen atoms in total. The smallest absolute Gasteiger partial charge is 0.272 e. The normalized spacial score (nSPS) is 10.2. The number of amides is 1. The summed E-state index contributed by atoms with van der Waals surface area (Å²) in [7, 11) is 1.75. The molecular weight excluding hydrogens is 230 g/mol. The average Bonchev–Trinajstić information content (AvgIpc) is 2.39. The van der Waals surface area contributed by atoms with Gasteiger partial charge in [-0.05, 0) is 26.0 Å². The molecule has 0 spiro atoms. The molecule has 0 aliphatic carbocycles. The minimum atomic E-state index is -0.0885. The van der Waals surface area contributed by atoms with E-state index in [4.69, 9.17) is 4.74 Å². The third-order valence-corrected chi connectivity index (χ3v) is 2.45. The first kappa shape index (κ1) is 14.4. The monoisotopic (exact) mass is 251 g/mol. The fourth-order valence-electron chi connectivity index (χ4n) is 1.48. The van der Waals surface area contributed by atoms with Crippen molar-refractivity contribution in [2.45, 2.75) is 13.8 Å². The number of carbonyl (C=O) groups is 1. The van der Waals surface area contributed by atoms with Gasteiger partial charge >= 0.3 is 0 Å². The van der Waals surface area contributed by atoms with Crippen molar-refractivity contribution >= 4 is 11.7 Å². The number of pyridine rings is 1. The van der Waals surface area contributed by atoms with Gasteiger partial charge < -0.3 is 15.0 Å². The largest absolute Gasteiger partial charge is 0.380 e. The predicted octanol–water partition coefficient (Wildman–Crippen LogP) is 1.62. The zero-order valence-electron chi connectivity index (χ0n) is 11.3. The summed E-state index contributed by atoms with van der Waals surface area (Å²) in [6, 6.07) is 5.40. The number of carbonyl (C=O) groups excluding carboxylic acids is 1. The fraction of sp³-hybridized carbons (Fsp3) is 0.538. The van der Waals surface area contributed by atoms with Crippen LogP contribution in [0.3, 0.4) is 0 Å². The average molecular weight is 251 g/mol. The van der Waals surface area contributed by atoms with E-state index in [1.165, 1.54) is 0 Å². The van der Waals surface area contributed by atoms with Gasteiger partial charge in [-0.2, -0.15) is 0 Å². The molecule has 1 N–H and O–H groups in total. The first-order chi connectivity index (χ1) is 8.69. The van der Waals surface area contributed by atoms with Crippen molar-refractivity contribution in [3.8, 4) is 0 Å². The molecule has 0 saturated heterocycles. The molecule has 18 heavy (non-hydrogen) atoms. The zero-order chi connectivity index (χ0) is 13.4.